The second-order valence-corrected chi connectivity index (χ2v) is 6.42. The zero-order valence-electron chi connectivity index (χ0n) is 16.1. The summed E-state index contributed by atoms with van der Waals surface area (Å²) in [5.74, 6) is 1.58. The maximum atomic E-state index is 12.6. The van der Waals surface area contributed by atoms with Gasteiger partial charge in [-0.1, -0.05) is 0 Å². The van der Waals surface area contributed by atoms with Gasteiger partial charge in [-0.15, -0.1) is 0 Å². The number of ether oxygens (including phenoxy) is 3. The summed E-state index contributed by atoms with van der Waals surface area (Å²) in [6.07, 6.45) is 2.43. The minimum atomic E-state index is -0.495. The molecule has 28 heavy (non-hydrogen) atoms. The van der Waals surface area contributed by atoms with E-state index in [9.17, 15) is 10.1 Å². The fourth-order valence-corrected chi connectivity index (χ4v) is 3.03. The second-order valence-electron chi connectivity index (χ2n) is 6.42. The predicted molar refractivity (Wildman–Crippen MR) is 107 cm³/mol. The van der Waals surface area contributed by atoms with Gasteiger partial charge in [0.15, 0.2) is 0 Å². The number of hydrogen-bond donors (Lipinski definition) is 1. The lowest BCUT2D eigenvalue weighted by atomic mass is 10.0. The fourth-order valence-electron chi connectivity index (χ4n) is 3.03. The molecule has 1 atom stereocenters. The molecule has 3 rings (SSSR count). The van der Waals surface area contributed by atoms with Gasteiger partial charge in [-0.25, -0.2) is 0 Å². The number of carbonyl (C=O) groups excluding carboxylic acids is 1. The van der Waals surface area contributed by atoms with Crippen LogP contribution in [0.25, 0.3) is 6.08 Å². The van der Waals surface area contributed by atoms with Crippen molar-refractivity contribution in [1.82, 2.24) is 0 Å². The van der Waals surface area contributed by atoms with Gasteiger partial charge in [0, 0.05) is 23.2 Å². The summed E-state index contributed by atoms with van der Waals surface area (Å²) in [5.41, 5.74) is 2.25. The lowest BCUT2D eigenvalue weighted by Gasteiger charge is -2.11. The van der Waals surface area contributed by atoms with E-state index in [1.807, 2.05) is 32.0 Å². The molecule has 0 radical (unpaired) electrons. The number of hydrogen-bond acceptors (Lipinski definition) is 5. The van der Waals surface area contributed by atoms with Gasteiger partial charge in [-0.05, 0) is 56.3 Å². The molecule has 2 aromatic rings. The van der Waals surface area contributed by atoms with Crippen molar-refractivity contribution in [1.29, 1.82) is 5.26 Å². The number of amides is 1. The van der Waals surface area contributed by atoms with E-state index in [2.05, 4.69) is 5.32 Å². The van der Waals surface area contributed by atoms with Crippen LogP contribution < -0.4 is 19.5 Å². The zero-order valence-corrected chi connectivity index (χ0v) is 16.1. The highest BCUT2D eigenvalue weighted by Gasteiger charge is 2.22. The van der Waals surface area contributed by atoms with Crippen LogP contribution in [0.4, 0.5) is 5.69 Å². The summed E-state index contributed by atoms with van der Waals surface area (Å²) < 4.78 is 16.6. The van der Waals surface area contributed by atoms with Crippen LogP contribution in [0.1, 0.15) is 25.0 Å². The quantitative estimate of drug-likeness (QED) is 0.608. The molecule has 0 spiro atoms. The van der Waals surface area contributed by atoms with Crippen LogP contribution in [0.5, 0.6) is 17.2 Å². The molecule has 0 saturated carbocycles. The average Bonchev–Trinajstić information content (AvgIpc) is 3.05. The van der Waals surface area contributed by atoms with Crippen LogP contribution in [0.3, 0.4) is 0 Å². The normalized spacial score (nSPS) is 15.2. The number of nitrogens with zero attached hydrogens (tertiary/aromatic N) is 1. The number of nitriles is 1. The number of carbonyl (C=O) groups is 1. The zero-order chi connectivity index (χ0) is 20.1. The van der Waals surface area contributed by atoms with E-state index in [-0.39, 0.29) is 11.7 Å². The molecule has 0 saturated heterocycles. The van der Waals surface area contributed by atoms with E-state index in [1.54, 1.807) is 31.4 Å². The third-order valence-electron chi connectivity index (χ3n) is 4.34. The molecule has 2 aromatic carbocycles. The number of fused-ring (bicyclic) bond motifs is 1. The molecule has 6 heteroatoms. The lowest BCUT2D eigenvalue weighted by Crippen LogP contribution is -2.13. The first kappa shape index (κ1) is 19.3. The second kappa shape index (κ2) is 8.49. The fraction of sp³-hybridized carbons (Fsp3) is 0.273. The Labute approximate surface area is 164 Å². The Kier molecular flexibility index (Phi) is 5.85. The van der Waals surface area contributed by atoms with E-state index in [0.717, 1.165) is 17.7 Å². The summed E-state index contributed by atoms with van der Waals surface area (Å²) >= 11 is 0. The summed E-state index contributed by atoms with van der Waals surface area (Å²) in [5, 5.41) is 12.2. The maximum Gasteiger partial charge on any atom is 0.266 e. The Morgan fingerprint density at radius 1 is 1.36 bits per heavy atom. The number of anilines is 1. The molecule has 1 heterocycles. The van der Waals surface area contributed by atoms with Crippen LogP contribution in [0.2, 0.25) is 0 Å². The van der Waals surface area contributed by atoms with E-state index in [0.29, 0.717) is 29.4 Å². The summed E-state index contributed by atoms with van der Waals surface area (Å²) in [7, 11) is 1.57. The standard InChI is InChI=1S/C22H22N2O4/c1-4-27-20-11-15-9-14(2)28-21(15)12-16(20)10-17(13-23)22(25)24-18-5-7-19(26-3)8-6-18/h5-8,10-12,14H,4,9H2,1-3H3,(H,24,25)/b17-10+. The first-order chi connectivity index (χ1) is 13.5. The lowest BCUT2D eigenvalue weighted by molar-refractivity contribution is -0.112. The van der Waals surface area contributed by atoms with Gasteiger partial charge >= 0.3 is 0 Å². The highest BCUT2D eigenvalue weighted by molar-refractivity contribution is 6.09. The molecular weight excluding hydrogens is 356 g/mol. The van der Waals surface area contributed by atoms with Crippen molar-refractivity contribution in [3.05, 3.63) is 53.1 Å². The number of rotatable bonds is 6. The van der Waals surface area contributed by atoms with Crippen LogP contribution in [-0.2, 0) is 11.2 Å². The van der Waals surface area contributed by atoms with E-state index < -0.39 is 5.91 Å². The first-order valence-electron chi connectivity index (χ1n) is 9.07. The molecule has 1 unspecified atom stereocenters. The van der Waals surface area contributed by atoms with Gasteiger partial charge in [0.05, 0.1) is 13.7 Å². The molecule has 0 bridgehead atoms. The van der Waals surface area contributed by atoms with Crippen LogP contribution in [0.15, 0.2) is 42.0 Å². The van der Waals surface area contributed by atoms with E-state index in [4.69, 9.17) is 14.2 Å². The predicted octanol–water partition coefficient (Wildman–Crippen LogP) is 3.96. The third-order valence-corrected chi connectivity index (χ3v) is 4.34. The molecule has 0 aliphatic carbocycles. The van der Waals surface area contributed by atoms with Gasteiger partial charge in [0.2, 0.25) is 0 Å². The number of nitrogens with one attached hydrogen (secondary N) is 1. The largest absolute Gasteiger partial charge is 0.497 e. The summed E-state index contributed by atoms with van der Waals surface area (Å²) in [6, 6.07) is 12.6. The minimum Gasteiger partial charge on any atom is -0.497 e. The van der Waals surface area contributed by atoms with Crippen LogP contribution >= 0.6 is 0 Å². The van der Waals surface area contributed by atoms with Crippen molar-refractivity contribution in [2.45, 2.75) is 26.4 Å². The topological polar surface area (TPSA) is 80.6 Å². The van der Waals surface area contributed by atoms with Crippen molar-refractivity contribution in [3.8, 4) is 23.3 Å². The summed E-state index contributed by atoms with van der Waals surface area (Å²) in [6.45, 7) is 4.37. The molecule has 0 aromatic heterocycles. The Morgan fingerprint density at radius 2 is 2.11 bits per heavy atom. The highest BCUT2D eigenvalue weighted by atomic mass is 16.5. The molecule has 0 fully saturated rings. The van der Waals surface area contributed by atoms with Gasteiger partial charge in [-0.2, -0.15) is 5.26 Å². The van der Waals surface area contributed by atoms with Gasteiger partial charge in [-0.3, -0.25) is 4.79 Å². The maximum absolute atomic E-state index is 12.6. The third kappa shape index (κ3) is 4.26. The SMILES string of the molecule is CCOc1cc2c(cc1/C=C(\C#N)C(=O)Nc1ccc(OC)cc1)OC(C)C2. The van der Waals surface area contributed by atoms with Crippen molar-refractivity contribution in [2.24, 2.45) is 0 Å². The van der Waals surface area contributed by atoms with Crippen LogP contribution in [-0.4, -0.2) is 25.7 Å². The van der Waals surface area contributed by atoms with Crippen molar-refractivity contribution < 1.29 is 19.0 Å². The molecule has 1 amide bonds. The number of methoxy groups -OCH3 is 1. The van der Waals surface area contributed by atoms with Gasteiger partial charge in [0.1, 0.15) is 35.0 Å². The smallest absolute Gasteiger partial charge is 0.266 e. The minimum absolute atomic E-state index is 0.0252. The molecule has 6 nitrogen and oxygen atoms in total. The molecule has 1 aliphatic heterocycles. The van der Waals surface area contributed by atoms with Crippen molar-refractivity contribution in [2.75, 3.05) is 19.0 Å². The van der Waals surface area contributed by atoms with Gasteiger partial charge in [0.25, 0.3) is 5.91 Å². The van der Waals surface area contributed by atoms with Crippen LogP contribution in [0, 0.1) is 11.3 Å². The van der Waals surface area contributed by atoms with E-state index in [1.165, 1.54) is 6.08 Å². The Balaban J connectivity index is 1.88. The molecular formula is C22H22N2O4. The monoisotopic (exact) mass is 378 g/mol. The molecule has 1 aliphatic rings. The number of benzene rings is 2. The highest BCUT2D eigenvalue weighted by Crippen LogP contribution is 2.36. The molecule has 144 valence electrons. The summed E-state index contributed by atoms with van der Waals surface area (Å²) in [4.78, 5) is 12.6. The van der Waals surface area contributed by atoms with Crippen molar-refractivity contribution >= 4 is 17.7 Å². The average molecular weight is 378 g/mol. The Bertz CT molecular complexity index is 942. The van der Waals surface area contributed by atoms with E-state index >= 15 is 0 Å². The molecule has 1 N–H and O–H groups in total. The Morgan fingerprint density at radius 3 is 2.75 bits per heavy atom. The van der Waals surface area contributed by atoms with Crippen molar-refractivity contribution in [3.63, 3.8) is 0 Å². The Hall–Kier alpha value is -3.46. The van der Waals surface area contributed by atoms with Gasteiger partial charge < -0.3 is 19.5 Å². The first-order valence-corrected chi connectivity index (χ1v) is 9.07.